The van der Waals surface area contributed by atoms with E-state index in [0.717, 1.165) is 46.6 Å². The molecule has 2 unspecified atom stereocenters. The fraction of sp³-hybridized carbons (Fsp3) is 0.439. The molecular weight excluding hydrogens is 664 g/mol. The fourth-order valence-electron chi connectivity index (χ4n) is 6.56. The largest absolute Gasteiger partial charge is 0.490 e. The molecular formula is C41H51ClN4O5. The van der Waals surface area contributed by atoms with E-state index in [1.807, 2.05) is 69.5 Å². The van der Waals surface area contributed by atoms with Gasteiger partial charge >= 0.3 is 5.97 Å². The van der Waals surface area contributed by atoms with Gasteiger partial charge in [0.2, 0.25) is 0 Å². The predicted octanol–water partition coefficient (Wildman–Crippen LogP) is 9.27. The zero-order chi connectivity index (χ0) is 37.1. The number of hydrogen-bond donors (Lipinski definition) is 0. The quantitative estimate of drug-likeness (QED) is 0.100. The highest BCUT2D eigenvalue weighted by Gasteiger charge is 2.38. The van der Waals surface area contributed by atoms with E-state index in [1.54, 1.807) is 6.08 Å². The van der Waals surface area contributed by atoms with Crippen LogP contribution in [0, 0.1) is 13.8 Å². The van der Waals surface area contributed by atoms with Crippen LogP contribution >= 0.6 is 11.6 Å². The Balaban J connectivity index is 1.67. The molecule has 10 heteroatoms. The summed E-state index contributed by atoms with van der Waals surface area (Å²) in [5.74, 6) is 0.958. The molecule has 1 aliphatic heterocycles. The molecule has 2 atom stereocenters. The first-order valence-electron chi connectivity index (χ1n) is 17.5. The summed E-state index contributed by atoms with van der Waals surface area (Å²) in [6.45, 7) is 23.4. The summed E-state index contributed by atoms with van der Waals surface area (Å²) < 4.78 is 26.1. The zero-order valence-electron chi connectivity index (χ0n) is 31.2. The summed E-state index contributed by atoms with van der Waals surface area (Å²) in [5, 5.41) is 5.77. The van der Waals surface area contributed by atoms with Crippen molar-refractivity contribution in [3.8, 4) is 28.1 Å². The highest BCUT2D eigenvalue weighted by atomic mass is 35.5. The number of esters is 1. The number of carbonyl (C=O) groups excluding carboxylic acids is 1. The molecule has 0 aliphatic carbocycles. The Morgan fingerprint density at radius 1 is 1.10 bits per heavy atom. The number of anilines is 1. The predicted molar refractivity (Wildman–Crippen MR) is 205 cm³/mol. The van der Waals surface area contributed by atoms with Crippen molar-refractivity contribution in [2.75, 3.05) is 31.7 Å². The zero-order valence-corrected chi connectivity index (χ0v) is 32.0. The lowest BCUT2D eigenvalue weighted by molar-refractivity contribution is -0.164. The molecule has 51 heavy (non-hydrogen) atoms. The second-order valence-electron chi connectivity index (χ2n) is 14.5. The maximum Gasteiger partial charge on any atom is 0.339 e. The Labute approximate surface area is 307 Å². The third-order valence-electron chi connectivity index (χ3n) is 9.23. The lowest BCUT2D eigenvalue weighted by atomic mass is 9.92. The van der Waals surface area contributed by atoms with Gasteiger partial charge in [-0.3, -0.25) is 0 Å². The molecule has 9 nitrogen and oxygen atoms in total. The highest BCUT2D eigenvalue weighted by molar-refractivity contribution is 6.33. The minimum Gasteiger partial charge on any atom is -0.490 e. The van der Waals surface area contributed by atoms with Gasteiger partial charge < -0.3 is 23.8 Å². The molecule has 0 radical (unpaired) electrons. The first kappa shape index (κ1) is 38.1. The molecule has 1 fully saturated rings. The Kier molecular flexibility index (Phi) is 11.6. The molecule has 0 spiro atoms. The Morgan fingerprint density at radius 3 is 2.47 bits per heavy atom. The van der Waals surface area contributed by atoms with Gasteiger partial charge in [-0.15, -0.1) is 13.2 Å². The second kappa shape index (κ2) is 15.6. The van der Waals surface area contributed by atoms with Crippen molar-refractivity contribution in [2.24, 2.45) is 0 Å². The molecule has 272 valence electrons. The smallest absolute Gasteiger partial charge is 0.339 e. The van der Waals surface area contributed by atoms with E-state index < -0.39 is 17.7 Å². The summed E-state index contributed by atoms with van der Waals surface area (Å²) >= 11 is 6.86. The van der Waals surface area contributed by atoms with Gasteiger partial charge in [0.15, 0.2) is 11.8 Å². The van der Waals surface area contributed by atoms with Gasteiger partial charge in [-0.05, 0) is 90.6 Å². The van der Waals surface area contributed by atoms with Crippen molar-refractivity contribution in [1.82, 2.24) is 14.6 Å². The van der Waals surface area contributed by atoms with Crippen LogP contribution in [0.3, 0.4) is 0 Å². The maximum atomic E-state index is 13.4. The summed E-state index contributed by atoms with van der Waals surface area (Å²) in [4.78, 5) is 20.7. The standard InChI is InChI=1S/C41H51ClN4O5/c1-11-14-27(4)50-33-16-13-15-31(42)36(33)30-24-29(18-17-26(30)3)32-25-34-43-28(5)35(37(39(47)48-10)51-40(6,7)8)38(46(34)44-32)45-21-19-41(9,20-22-45)49-23-12-2/h11-13,15-18,24-25,27,37H,1-2,14,19-23H2,3-10H3. The van der Waals surface area contributed by atoms with Crippen LogP contribution in [0.25, 0.3) is 28.0 Å². The Morgan fingerprint density at radius 2 is 1.82 bits per heavy atom. The summed E-state index contributed by atoms with van der Waals surface area (Å²) in [7, 11) is 1.38. The first-order valence-corrected chi connectivity index (χ1v) is 17.9. The first-order chi connectivity index (χ1) is 24.2. The molecule has 0 saturated carbocycles. The number of aromatic nitrogens is 3. The minimum atomic E-state index is -1.02. The number of fused-ring (bicyclic) bond motifs is 1. The van der Waals surface area contributed by atoms with Crippen LogP contribution in [0.1, 0.15) is 76.8 Å². The van der Waals surface area contributed by atoms with Crippen LogP contribution in [-0.2, 0) is 19.0 Å². The van der Waals surface area contributed by atoms with Crippen molar-refractivity contribution in [2.45, 2.75) is 91.1 Å². The molecule has 0 N–H and O–H groups in total. The number of aryl methyl sites for hydroxylation is 2. The normalized spacial score (nSPS) is 15.7. The van der Waals surface area contributed by atoms with Crippen LogP contribution in [0.5, 0.6) is 5.75 Å². The van der Waals surface area contributed by atoms with E-state index in [9.17, 15) is 4.79 Å². The number of hydrogen-bond acceptors (Lipinski definition) is 8. The van der Waals surface area contributed by atoms with Crippen molar-refractivity contribution in [3.05, 3.63) is 89.6 Å². The lowest BCUT2D eigenvalue weighted by Crippen LogP contribution is -2.45. The van der Waals surface area contributed by atoms with Gasteiger partial charge in [0, 0.05) is 42.4 Å². The molecule has 2 aromatic carbocycles. The Hall–Kier alpha value is -4.18. The third-order valence-corrected chi connectivity index (χ3v) is 9.54. The molecule has 0 amide bonds. The van der Waals surface area contributed by atoms with E-state index in [4.69, 9.17) is 40.6 Å². The van der Waals surface area contributed by atoms with Gasteiger partial charge in [-0.1, -0.05) is 42.0 Å². The van der Waals surface area contributed by atoms with Crippen LogP contribution in [0.4, 0.5) is 5.82 Å². The molecule has 1 aliphatic rings. The topological polar surface area (TPSA) is 87.4 Å². The maximum absolute atomic E-state index is 13.4. The van der Waals surface area contributed by atoms with Crippen molar-refractivity contribution in [1.29, 1.82) is 0 Å². The van der Waals surface area contributed by atoms with E-state index >= 15 is 0 Å². The van der Waals surface area contributed by atoms with Crippen molar-refractivity contribution in [3.63, 3.8) is 0 Å². The van der Waals surface area contributed by atoms with Gasteiger partial charge in [0.1, 0.15) is 11.6 Å². The number of carbonyl (C=O) groups is 1. The van der Waals surface area contributed by atoms with E-state index in [2.05, 4.69) is 50.1 Å². The minimum absolute atomic E-state index is 0.0687. The van der Waals surface area contributed by atoms with Crippen molar-refractivity contribution >= 4 is 29.0 Å². The Bertz CT molecular complexity index is 1900. The van der Waals surface area contributed by atoms with Crippen LogP contribution in [0.15, 0.2) is 67.8 Å². The number of rotatable bonds is 13. The number of benzene rings is 2. The summed E-state index contributed by atoms with van der Waals surface area (Å²) in [6, 6.07) is 13.9. The summed E-state index contributed by atoms with van der Waals surface area (Å²) in [5.41, 5.74) is 5.42. The average molecular weight is 715 g/mol. The number of halogens is 1. The molecule has 5 rings (SSSR count). The third kappa shape index (κ3) is 8.49. The number of piperidine rings is 1. The van der Waals surface area contributed by atoms with Gasteiger partial charge in [0.05, 0.1) is 47.3 Å². The lowest BCUT2D eigenvalue weighted by Gasteiger charge is -2.41. The SMILES string of the molecule is C=CCOC1(C)CCN(c2c(C(OC(C)(C)C)C(=O)OC)c(C)nc3cc(-c4ccc(C)c(-c5c(Cl)cccc5OC(C)CC=C)c4)nn23)CC1. The van der Waals surface area contributed by atoms with E-state index in [0.29, 0.717) is 53.8 Å². The average Bonchev–Trinajstić information content (AvgIpc) is 3.50. The van der Waals surface area contributed by atoms with Gasteiger partial charge in [-0.2, -0.15) is 9.61 Å². The molecule has 4 aromatic rings. The van der Waals surface area contributed by atoms with E-state index in [1.165, 1.54) is 7.11 Å². The monoisotopic (exact) mass is 714 g/mol. The molecule has 0 bridgehead atoms. The van der Waals surface area contributed by atoms with Crippen molar-refractivity contribution < 1.29 is 23.7 Å². The fourth-order valence-corrected chi connectivity index (χ4v) is 6.83. The number of nitrogens with zero attached hydrogens (tertiary/aromatic N) is 4. The van der Waals surface area contributed by atoms with Gasteiger partial charge in [-0.25, -0.2) is 9.78 Å². The highest BCUT2D eigenvalue weighted by Crippen LogP contribution is 2.42. The van der Waals surface area contributed by atoms with Crippen LogP contribution in [-0.4, -0.2) is 64.7 Å². The number of methoxy groups -OCH3 is 1. The van der Waals surface area contributed by atoms with E-state index in [-0.39, 0.29) is 11.7 Å². The molecule has 2 aromatic heterocycles. The van der Waals surface area contributed by atoms with Gasteiger partial charge in [0.25, 0.3) is 0 Å². The molecule has 1 saturated heterocycles. The van der Waals surface area contributed by atoms with Crippen LogP contribution in [0.2, 0.25) is 5.02 Å². The number of ether oxygens (including phenoxy) is 4. The second-order valence-corrected chi connectivity index (χ2v) is 14.9. The molecule has 3 heterocycles. The summed E-state index contributed by atoms with van der Waals surface area (Å²) in [6.07, 6.45) is 4.79. The van der Waals surface area contributed by atoms with Crippen LogP contribution < -0.4 is 9.64 Å².